The molecule has 6 heteroatoms. The van der Waals surface area contributed by atoms with E-state index in [4.69, 9.17) is 0 Å². The lowest BCUT2D eigenvalue weighted by Crippen LogP contribution is -2.56. The average molecular weight is 337 g/mol. The number of carbonyl (C=O) groups excluding carboxylic acids is 2. The van der Waals surface area contributed by atoms with Gasteiger partial charge in [-0.05, 0) is 38.4 Å². The van der Waals surface area contributed by atoms with Crippen LogP contribution in [-0.4, -0.2) is 59.3 Å². The zero-order valence-corrected chi connectivity index (χ0v) is 15.2. The van der Waals surface area contributed by atoms with Crippen LogP contribution in [0.1, 0.15) is 39.0 Å². The minimum atomic E-state index is -0.573. The zero-order valence-electron chi connectivity index (χ0n) is 14.4. The zero-order chi connectivity index (χ0) is 17.0. The summed E-state index contributed by atoms with van der Waals surface area (Å²) in [6.07, 6.45) is 6.02. The van der Waals surface area contributed by atoms with Gasteiger partial charge in [0.2, 0.25) is 11.8 Å². The van der Waals surface area contributed by atoms with Crippen LogP contribution in [-0.2, 0) is 9.59 Å². The normalized spacial score (nSPS) is 21.9. The first-order valence-corrected chi connectivity index (χ1v) is 9.81. The summed E-state index contributed by atoms with van der Waals surface area (Å²) in [5.74, 6) is 1.11. The minimum Gasteiger partial charge on any atom is -0.342 e. The number of amides is 2. The number of hydrogen-bond acceptors (Lipinski definition) is 4. The third kappa shape index (κ3) is 3.65. The van der Waals surface area contributed by atoms with Gasteiger partial charge in [0.25, 0.3) is 0 Å². The molecule has 0 spiro atoms. The molecule has 1 heterocycles. The predicted octanol–water partition coefficient (Wildman–Crippen LogP) is 2.13. The Labute approximate surface area is 143 Å². The van der Waals surface area contributed by atoms with E-state index in [9.17, 15) is 14.9 Å². The number of thioether (sulfide) groups is 1. The smallest absolute Gasteiger partial charge is 0.226 e. The van der Waals surface area contributed by atoms with Crippen molar-refractivity contribution in [1.29, 1.82) is 5.26 Å². The molecule has 1 saturated carbocycles. The number of rotatable bonds is 5. The second-order valence-corrected chi connectivity index (χ2v) is 7.76. The molecule has 0 aromatic carbocycles. The molecule has 0 radical (unpaired) electrons. The summed E-state index contributed by atoms with van der Waals surface area (Å²) in [6, 6.07) is 2.33. The van der Waals surface area contributed by atoms with E-state index in [2.05, 4.69) is 6.07 Å². The topological polar surface area (TPSA) is 64.4 Å². The molecule has 1 aliphatic heterocycles. The van der Waals surface area contributed by atoms with Crippen molar-refractivity contribution in [3.05, 3.63) is 0 Å². The molecule has 5 nitrogen and oxygen atoms in total. The van der Waals surface area contributed by atoms with Crippen molar-refractivity contribution in [2.24, 2.45) is 11.8 Å². The van der Waals surface area contributed by atoms with Gasteiger partial charge in [0.15, 0.2) is 0 Å². The van der Waals surface area contributed by atoms with Crippen molar-refractivity contribution in [3.63, 3.8) is 0 Å². The Bertz CT molecular complexity index is 491. The molecule has 1 aliphatic carbocycles. The Morgan fingerprint density at radius 3 is 2.43 bits per heavy atom. The van der Waals surface area contributed by atoms with Crippen LogP contribution in [0.2, 0.25) is 0 Å². The third-order valence-corrected chi connectivity index (χ3v) is 6.19. The van der Waals surface area contributed by atoms with Crippen molar-refractivity contribution < 1.29 is 9.59 Å². The Hall–Kier alpha value is -1.22. The maximum absolute atomic E-state index is 12.7. The van der Waals surface area contributed by atoms with Crippen LogP contribution in [0.4, 0.5) is 0 Å². The van der Waals surface area contributed by atoms with Crippen LogP contribution < -0.4 is 0 Å². The molecular formula is C17H27N3O2S. The van der Waals surface area contributed by atoms with Crippen LogP contribution in [0.25, 0.3) is 0 Å². The molecule has 1 saturated heterocycles. The van der Waals surface area contributed by atoms with E-state index in [0.717, 1.165) is 25.0 Å². The second-order valence-electron chi connectivity index (χ2n) is 6.85. The number of nitriles is 1. The third-order valence-electron chi connectivity index (χ3n) is 5.36. The second kappa shape index (κ2) is 7.57. The summed E-state index contributed by atoms with van der Waals surface area (Å²) in [5, 5.41) is 9.38. The van der Waals surface area contributed by atoms with Gasteiger partial charge in [-0.15, -0.1) is 0 Å². The fraction of sp³-hybridized carbons (Fsp3) is 0.824. The van der Waals surface area contributed by atoms with E-state index >= 15 is 0 Å². The Balaban J connectivity index is 1.88. The van der Waals surface area contributed by atoms with Gasteiger partial charge in [-0.3, -0.25) is 9.59 Å². The van der Waals surface area contributed by atoms with Crippen molar-refractivity contribution in [2.45, 2.75) is 44.6 Å². The van der Waals surface area contributed by atoms with E-state index in [-0.39, 0.29) is 23.7 Å². The molecule has 128 valence electrons. The summed E-state index contributed by atoms with van der Waals surface area (Å²) in [5.41, 5.74) is -0.573. The number of carbonyl (C=O) groups is 2. The van der Waals surface area contributed by atoms with Crippen LogP contribution >= 0.6 is 11.8 Å². The first-order valence-electron chi connectivity index (χ1n) is 8.42. The highest BCUT2D eigenvalue weighted by molar-refractivity contribution is 7.98. The van der Waals surface area contributed by atoms with Gasteiger partial charge < -0.3 is 9.80 Å². The van der Waals surface area contributed by atoms with Crippen LogP contribution in [0.5, 0.6) is 0 Å². The van der Waals surface area contributed by atoms with Gasteiger partial charge in [-0.25, -0.2) is 0 Å². The molecule has 0 aromatic rings. The fourth-order valence-electron chi connectivity index (χ4n) is 3.50. The summed E-state index contributed by atoms with van der Waals surface area (Å²) < 4.78 is 0. The number of nitrogens with zero attached hydrogens (tertiary/aromatic N) is 3. The first kappa shape index (κ1) is 18.1. The lowest BCUT2D eigenvalue weighted by molar-refractivity contribution is -0.145. The van der Waals surface area contributed by atoms with E-state index in [1.807, 2.05) is 18.1 Å². The van der Waals surface area contributed by atoms with Gasteiger partial charge in [0.1, 0.15) is 5.54 Å². The number of piperidine rings is 1. The Morgan fingerprint density at radius 2 is 2.00 bits per heavy atom. The first-order chi connectivity index (χ1) is 10.9. The molecule has 1 unspecified atom stereocenters. The van der Waals surface area contributed by atoms with E-state index in [1.54, 1.807) is 23.7 Å². The molecule has 23 heavy (non-hydrogen) atoms. The quantitative estimate of drug-likeness (QED) is 0.771. The summed E-state index contributed by atoms with van der Waals surface area (Å²) in [6.45, 7) is 3.28. The molecule has 2 amide bonds. The van der Waals surface area contributed by atoms with E-state index in [1.165, 1.54) is 0 Å². The largest absolute Gasteiger partial charge is 0.342 e. The van der Waals surface area contributed by atoms with Gasteiger partial charge in [0.05, 0.1) is 6.07 Å². The standard InChI is InChI=1S/C17H27N3O2S/c1-13(11-23-3)15(21)20-9-5-14(6-10-20)16(22)19(2)17(12-18)7-4-8-17/h13-14H,4-11H2,1-3H3. The summed E-state index contributed by atoms with van der Waals surface area (Å²) in [7, 11) is 1.77. The minimum absolute atomic E-state index is 0.0387. The highest BCUT2D eigenvalue weighted by atomic mass is 32.2. The number of likely N-dealkylation sites (tertiary alicyclic amines) is 1. The van der Waals surface area contributed by atoms with Crippen molar-refractivity contribution in [1.82, 2.24) is 9.80 Å². The molecule has 2 aliphatic rings. The highest BCUT2D eigenvalue weighted by Gasteiger charge is 2.45. The number of hydrogen-bond donors (Lipinski definition) is 0. The Morgan fingerprint density at radius 1 is 1.39 bits per heavy atom. The predicted molar refractivity (Wildman–Crippen MR) is 91.8 cm³/mol. The van der Waals surface area contributed by atoms with E-state index < -0.39 is 5.54 Å². The van der Waals surface area contributed by atoms with Gasteiger partial charge >= 0.3 is 0 Å². The van der Waals surface area contributed by atoms with Gasteiger partial charge in [-0.1, -0.05) is 6.92 Å². The maximum atomic E-state index is 12.7. The molecular weight excluding hydrogens is 310 g/mol. The van der Waals surface area contributed by atoms with Crippen LogP contribution in [0.3, 0.4) is 0 Å². The molecule has 0 N–H and O–H groups in total. The molecule has 1 atom stereocenters. The van der Waals surface area contributed by atoms with Gasteiger partial charge in [-0.2, -0.15) is 17.0 Å². The van der Waals surface area contributed by atoms with Crippen molar-refractivity contribution in [3.8, 4) is 6.07 Å². The fourth-order valence-corrected chi connectivity index (χ4v) is 4.14. The van der Waals surface area contributed by atoms with Crippen molar-refractivity contribution in [2.75, 3.05) is 32.1 Å². The Kier molecular flexibility index (Phi) is 5.96. The highest BCUT2D eigenvalue weighted by Crippen LogP contribution is 2.37. The van der Waals surface area contributed by atoms with E-state index in [0.29, 0.717) is 25.9 Å². The van der Waals surface area contributed by atoms with Crippen LogP contribution in [0, 0.1) is 23.2 Å². The van der Waals surface area contributed by atoms with Crippen LogP contribution in [0.15, 0.2) is 0 Å². The summed E-state index contributed by atoms with van der Waals surface area (Å²) in [4.78, 5) is 28.6. The molecule has 0 bridgehead atoms. The van der Waals surface area contributed by atoms with Crippen molar-refractivity contribution >= 4 is 23.6 Å². The average Bonchev–Trinajstić information content (AvgIpc) is 2.53. The van der Waals surface area contributed by atoms with Gasteiger partial charge in [0, 0.05) is 37.7 Å². The lowest BCUT2D eigenvalue weighted by Gasteiger charge is -2.45. The summed E-state index contributed by atoms with van der Waals surface area (Å²) >= 11 is 1.69. The molecule has 2 fully saturated rings. The monoisotopic (exact) mass is 337 g/mol. The lowest BCUT2D eigenvalue weighted by atomic mass is 9.76. The SMILES string of the molecule is CSCC(C)C(=O)N1CCC(C(=O)N(C)C2(C#N)CCC2)CC1. The molecule has 0 aromatic heterocycles. The maximum Gasteiger partial charge on any atom is 0.226 e. The molecule has 2 rings (SSSR count).